The highest BCUT2D eigenvalue weighted by Crippen LogP contribution is 2.40. The molecule has 0 spiro atoms. The number of nitrogens with two attached hydrogens (primary N) is 1. The summed E-state index contributed by atoms with van der Waals surface area (Å²) in [6.45, 7) is 7.07. The molecule has 1 fully saturated rings. The summed E-state index contributed by atoms with van der Waals surface area (Å²) < 4.78 is 0. The Bertz CT molecular complexity index is 251. The van der Waals surface area contributed by atoms with Crippen molar-refractivity contribution >= 4 is 0 Å². The molecule has 0 aromatic rings. The van der Waals surface area contributed by atoms with E-state index in [2.05, 4.69) is 32.1 Å². The SMILES string of the molecule is C#CCCC(NN)C1CCC(C(C)(C)C)CC1. The zero-order valence-electron chi connectivity index (χ0n) is 11.6. The Labute approximate surface area is 107 Å². The second kappa shape index (κ2) is 6.42. The van der Waals surface area contributed by atoms with Gasteiger partial charge in [-0.3, -0.25) is 11.3 Å². The lowest BCUT2D eigenvalue weighted by Crippen LogP contribution is -2.43. The molecule has 2 nitrogen and oxygen atoms in total. The quantitative estimate of drug-likeness (QED) is 0.447. The summed E-state index contributed by atoms with van der Waals surface area (Å²) in [6.07, 6.45) is 12.4. The van der Waals surface area contributed by atoms with Crippen LogP contribution in [0.4, 0.5) is 0 Å². The lowest BCUT2D eigenvalue weighted by Gasteiger charge is -2.39. The van der Waals surface area contributed by atoms with E-state index >= 15 is 0 Å². The topological polar surface area (TPSA) is 38.0 Å². The van der Waals surface area contributed by atoms with E-state index in [1.807, 2.05) is 0 Å². The summed E-state index contributed by atoms with van der Waals surface area (Å²) in [6, 6.07) is 0.409. The Balaban J connectivity index is 2.42. The van der Waals surface area contributed by atoms with Gasteiger partial charge in [0.1, 0.15) is 0 Å². The van der Waals surface area contributed by atoms with Crippen LogP contribution in [0.3, 0.4) is 0 Å². The zero-order chi connectivity index (χ0) is 12.9. The van der Waals surface area contributed by atoms with Crippen molar-refractivity contribution in [3.05, 3.63) is 0 Å². The molecule has 1 saturated carbocycles. The van der Waals surface area contributed by atoms with Gasteiger partial charge in [-0.25, -0.2) is 0 Å². The first-order valence-electron chi connectivity index (χ1n) is 6.88. The Hall–Kier alpha value is -0.520. The molecule has 0 aromatic carbocycles. The average molecular weight is 236 g/mol. The molecule has 1 unspecified atom stereocenters. The Kier molecular flexibility index (Phi) is 5.49. The van der Waals surface area contributed by atoms with Crippen LogP contribution < -0.4 is 11.3 Å². The maximum atomic E-state index is 5.65. The summed E-state index contributed by atoms with van der Waals surface area (Å²) in [7, 11) is 0. The molecule has 1 aliphatic carbocycles. The number of hydrazine groups is 1. The van der Waals surface area contributed by atoms with Crippen molar-refractivity contribution in [2.45, 2.75) is 65.3 Å². The van der Waals surface area contributed by atoms with Crippen LogP contribution in [0.1, 0.15) is 59.3 Å². The van der Waals surface area contributed by atoms with Crippen LogP contribution in [0.5, 0.6) is 0 Å². The lowest BCUT2D eigenvalue weighted by atomic mass is 9.68. The molecule has 1 aliphatic rings. The highest BCUT2D eigenvalue weighted by atomic mass is 15.2. The molecule has 0 heterocycles. The van der Waals surface area contributed by atoms with E-state index in [9.17, 15) is 0 Å². The maximum absolute atomic E-state index is 5.65. The third kappa shape index (κ3) is 4.33. The first-order chi connectivity index (χ1) is 7.99. The van der Waals surface area contributed by atoms with Crippen molar-refractivity contribution in [3.8, 4) is 12.3 Å². The van der Waals surface area contributed by atoms with Gasteiger partial charge in [0, 0.05) is 12.5 Å². The standard InChI is InChI=1S/C15H28N2/c1-5-6-7-14(17-16)12-8-10-13(11-9-12)15(2,3)4/h1,12-14,17H,6-11,16H2,2-4H3. The smallest absolute Gasteiger partial charge is 0.0247 e. The van der Waals surface area contributed by atoms with E-state index in [4.69, 9.17) is 12.3 Å². The first-order valence-corrected chi connectivity index (χ1v) is 6.88. The van der Waals surface area contributed by atoms with Crippen molar-refractivity contribution in [1.82, 2.24) is 5.43 Å². The minimum atomic E-state index is 0.409. The van der Waals surface area contributed by atoms with E-state index in [1.165, 1.54) is 25.7 Å². The van der Waals surface area contributed by atoms with Gasteiger partial charge in [-0.2, -0.15) is 0 Å². The normalized spacial score (nSPS) is 27.5. The monoisotopic (exact) mass is 236 g/mol. The predicted molar refractivity (Wildman–Crippen MR) is 74.1 cm³/mol. The summed E-state index contributed by atoms with van der Waals surface area (Å²) in [5, 5.41) is 0. The number of hydrogen-bond donors (Lipinski definition) is 2. The molecule has 0 aromatic heterocycles. The Morgan fingerprint density at radius 3 is 2.29 bits per heavy atom. The van der Waals surface area contributed by atoms with Gasteiger partial charge in [-0.15, -0.1) is 12.3 Å². The van der Waals surface area contributed by atoms with Gasteiger partial charge >= 0.3 is 0 Å². The molecule has 3 N–H and O–H groups in total. The van der Waals surface area contributed by atoms with Gasteiger partial charge in [0.2, 0.25) is 0 Å². The number of nitrogens with one attached hydrogen (secondary N) is 1. The van der Waals surface area contributed by atoms with Crippen LogP contribution in [-0.4, -0.2) is 6.04 Å². The fourth-order valence-corrected chi connectivity index (χ4v) is 3.08. The summed E-state index contributed by atoms with van der Waals surface area (Å²) >= 11 is 0. The molecule has 17 heavy (non-hydrogen) atoms. The van der Waals surface area contributed by atoms with Gasteiger partial charge in [0.15, 0.2) is 0 Å². The maximum Gasteiger partial charge on any atom is 0.0247 e. The molecule has 0 bridgehead atoms. The van der Waals surface area contributed by atoms with Gasteiger partial charge < -0.3 is 0 Å². The van der Waals surface area contributed by atoms with Crippen molar-refractivity contribution < 1.29 is 0 Å². The van der Waals surface area contributed by atoms with Gasteiger partial charge in [0.05, 0.1) is 0 Å². The molecule has 98 valence electrons. The highest BCUT2D eigenvalue weighted by Gasteiger charge is 2.32. The van der Waals surface area contributed by atoms with Crippen LogP contribution in [0.2, 0.25) is 0 Å². The van der Waals surface area contributed by atoms with E-state index in [1.54, 1.807) is 0 Å². The summed E-state index contributed by atoms with van der Waals surface area (Å²) in [4.78, 5) is 0. The highest BCUT2D eigenvalue weighted by molar-refractivity contribution is 4.89. The molecule has 0 radical (unpaired) electrons. The second-order valence-electron chi connectivity index (χ2n) is 6.49. The molecular weight excluding hydrogens is 208 g/mol. The number of terminal acetylenes is 1. The molecule has 1 atom stereocenters. The molecule has 1 rings (SSSR count). The van der Waals surface area contributed by atoms with Crippen LogP contribution in [0, 0.1) is 29.6 Å². The van der Waals surface area contributed by atoms with Crippen LogP contribution >= 0.6 is 0 Å². The summed E-state index contributed by atoms with van der Waals surface area (Å²) in [5.41, 5.74) is 3.42. The van der Waals surface area contributed by atoms with Gasteiger partial charge in [0.25, 0.3) is 0 Å². The van der Waals surface area contributed by atoms with Crippen molar-refractivity contribution in [1.29, 1.82) is 0 Å². The third-order valence-electron chi connectivity index (χ3n) is 4.38. The minimum Gasteiger partial charge on any atom is -0.271 e. The Morgan fingerprint density at radius 1 is 1.29 bits per heavy atom. The number of hydrogen-bond acceptors (Lipinski definition) is 2. The van der Waals surface area contributed by atoms with Crippen LogP contribution in [0.25, 0.3) is 0 Å². The van der Waals surface area contributed by atoms with Crippen molar-refractivity contribution in [3.63, 3.8) is 0 Å². The van der Waals surface area contributed by atoms with E-state index in [0.717, 1.165) is 18.8 Å². The predicted octanol–water partition coefficient (Wildman–Crippen LogP) is 3.08. The summed E-state index contributed by atoms with van der Waals surface area (Å²) in [5.74, 6) is 9.94. The molecule has 0 saturated heterocycles. The van der Waals surface area contributed by atoms with Gasteiger partial charge in [-0.1, -0.05) is 20.8 Å². The van der Waals surface area contributed by atoms with Crippen LogP contribution in [0.15, 0.2) is 0 Å². The molecule has 0 amide bonds. The average Bonchev–Trinajstić information content (AvgIpc) is 2.29. The van der Waals surface area contributed by atoms with E-state index < -0.39 is 0 Å². The fourth-order valence-electron chi connectivity index (χ4n) is 3.08. The van der Waals surface area contributed by atoms with Crippen LogP contribution in [-0.2, 0) is 0 Å². The second-order valence-corrected chi connectivity index (χ2v) is 6.49. The molecule has 2 heteroatoms. The largest absolute Gasteiger partial charge is 0.271 e. The fraction of sp³-hybridized carbons (Fsp3) is 0.867. The zero-order valence-corrected chi connectivity index (χ0v) is 11.6. The molecular formula is C15H28N2. The van der Waals surface area contributed by atoms with Gasteiger partial charge in [-0.05, 0) is 49.4 Å². The third-order valence-corrected chi connectivity index (χ3v) is 4.38. The van der Waals surface area contributed by atoms with Crippen molar-refractivity contribution in [2.24, 2.45) is 23.1 Å². The first kappa shape index (κ1) is 14.5. The number of rotatable bonds is 4. The lowest BCUT2D eigenvalue weighted by molar-refractivity contribution is 0.131. The minimum absolute atomic E-state index is 0.409. The Morgan fingerprint density at radius 2 is 1.88 bits per heavy atom. The van der Waals surface area contributed by atoms with E-state index in [0.29, 0.717) is 17.4 Å². The van der Waals surface area contributed by atoms with E-state index in [-0.39, 0.29) is 0 Å². The van der Waals surface area contributed by atoms with Crippen molar-refractivity contribution in [2.75, 3.05) is 0 Å². The molecule has 0 aliphatic heterocycles.